The average Bonchev–Trinajstić information content (AvgIpc) is 2.83. The lowest BCUT2D eigenvalue weighted by Crippen LogP contribution is -2.37. The van der Waals surface area contributed by atoms with Gasteiger partial charge in [-0.2, -0.15) is 0 Å². The molecule has 14 heavy (non-hydrogen) atoms. The summed E-state index contributed by atoms with van der Waals surface area (Å²) in [4.78, 5) is 2.30. The second-order valence-electron chi connectivity index (χ2n) is 4.22. The van der Waals surface area contributed by atoms with Crippen molar-refractivity contribution in [3.05, 3.63) is 6.20 Å². The Labute approximate surface area is 84.1 Å². The Hall–Kier alpha value is -1.10. The zero-order chi connectivity index (χ0) is 10.2. The summed E-state index contributed by atoms with van der Waals surface area (Å²) in [7, 11) is 6.16. The van der Waals surface area contributed by atoms with E-state index in [1.165, 1.54) is 12.8 Å². The summed E-state index contributed by atoms with van der Waals surface area (Å²) in [5.74, 6) is 0.984. The van der Waals surface area contributed by atoms with Crippen LogP contribution in [0, 0.1) is 0 Å². The van der Waals surface area contributed by atoms with Crippen molar-refractivity contribution in [3.8, 4) is 0 Å². The van der Waals surface area contributed by atoms with Crippen LogP contribution in [0.4, 0.5) is 5.82 Å². The van der Waals surface area contributed by atoms with E-state index in [1.807, 2.05) is 7.05 Å². The zero-order valence-electron chi connectivity index (χ0n) is 8.99. The molecule has 5 heteroatoms. The highest BCUT2D eigenvalue weighted by atomic mass is 15.4. The highest BCUT2D eigenvalue weighted by Gasteiger charge is 2.44. The molecule has 2 rings (SSSR count). The molecule has 1 fully saturated rings. The predicted molar refractivity (Wildman–Crippen MR) is 55.1 cm³/mol. The summed E-state index contributed by atoms with van der Waals surface area (Å²) in [6.45, 7) is 0.973. The van der Waals surface area contributed by atoms with Gasteiger partial charge in [0.15, 0.2) is 0 Å². The lowest BCUT2D eigenvalue weighted by atomic mass is 10.2. The summed E-state index contributed by atoms with van der Waals surface area (Å²) in [5, 5.41) is 11.1. The minimum Gasteiger partial charge on any atom is -0.367 e. The molecule has 0 amide bonds. The number of hydrogen-bond donors (Lipinski definition) is 1. The molecule has 1 N–H and O–H groups in total. The molecular formula is C9H17N5. The third-order valence-corrected chi connectivity index (χ3v) is 3.09. The molecule has 1 saturated carbocycles. The highest BCUT2D eigenvalue weighted by molar-refractivity contribution is 5.32. The second-order valence-corrected chi connectivity index (χ2v) is 4.22. The molecule has 1 aliphatic rings. The molecule has 5 nitrogen and oxygen atoms in total. The normalized spacial score (nSPS) is 18.6. The van der Waals surface area contributed by atoms with Crippen LogP contribution in [0.1, 0.15) is 12.8 Å². The van der Waals surface area contributed by atoms with E-state index < -0.39 is 0 Å². The van der Waals surface area contributed by atoms with Gasteiger partial charge in [0.2, 0.25) is 0 Å². The fourth-order valence-electron chi connectivity index (χ4n) is 1.63. The van der Waals surface area contributed by atoms with Crippen molar-refractivity contribution in [2.75, 3.05) is 26.0 Å². The summed E-state index contributed by atoms with van der Waals surface area (Å²) in [6, 6.07) is 0. The monoisotopic (exact) mass is 195 g/mol. The van der Waals surface area contributed by atoms with Gasteiger partial charge in [-0.1, -0.05) is 5.21 Å². The Morgan fingerprint density at radius 3 is 2.71 bits per heavy atom. The molecule has 0 bridgehead atoms. The first-order chi connectivity index (χ1) is 6.64. The maximum atomic E-state index is 3.87. The molecule has 78 valence electrons. The molecule has 0 unspecified atom stereocenters. The van der Waals surface area contributed by atoms with Crippen LogP contribution < -0.4 is 5.32 Å². The van der Waals surface area contributed by atoms with Gasteiger partial charge in [-0.05, 0) is 26.9 Å². The van der Waals surface area contributed by atoms with E-state index in [9.17, 15) is 0 Å². The van der Waals surface area contributed by atoms with Gasteiger partial charge in [-0.25, -0.2) is 4.68 Å². The fraction of sp³-hybridized carbons (Fsp3) is 0.778. The number of nitrogens with one attached hydrogen (secondary N) is 1. The van der Waals surface area contributed by atoms with Crippen LogP contribution in [0.2, 0.25) is 0 Å². The summed E-state index contributed by atoms with van der Waals surface area (Å²) in [5.41, 5.74) is 0.365. The Bertz CT molecular complexity index is 313. The lowest BCUT2D eigenvalue weighted by molar-refractivity contribution is 0.284. The number of hydrogen-bond acceptors (Lipinski definition) is 4. The molecule has 1 aliphatic carbocycles. The molecule has 1 aromatic heterocycles. The molecule has 0 saturated heterocycles. The van der Waals surface area contributed by atoms with E-state index >= 15 is 0 Å². The number of likely N-dealkylation sites (N-methyl/N-ethyl adjacent to an activating group) is 1. The van der Waals surface area contributed by atoms with Crippen LogP contribution >= 0.6 is 0 Å². The van der Waals surface area contributed by atoms with Crippen molar-refractivity contribution in [1.29, 1.82) is 0 Å². The maximum Gasteiger partial charge on any atom is 0.144 e. The van der Waals surface area contributed by atoms with Gasteiger partial charge in [0.05, 0.1) is 6.20 Å². The number of rotatable bonds is 4. The van der Waals surface area contributed by atoms with Crippen LogP contribution in [0.5, 0.6) is 0 Å². The fourth-order valence-corrected chi connectivity index (χ4v) is 1.63. The predicted octanol–water partition coefficient (Wildman–Crippen LogP) is 0.321. The van der Waals surface area contributed by atoms with E-state index in [1.54, 1.807) is 10.9 Å². The van der Waals surface area contributed by atoms with E-state index in [4.69, 9.17) is 0 Å². The van der Waals surface area contributed by atoms with Gasteiger partial charge < -0.3 is 10.2 Å². The second kappa shape index (κ2) is 3.24. The minimum absolute atomic E-state index is 0.365. The van der Waals surface area contributed by atoms with Gasteiger partial charge in [-0.3, -0.25) is 0 Å². The van der Waals surface area contributed by atoms with E-state index in [0.717, 1.165) is 12.4 Å². The van der Waals surface area contributed by atoms with Crippen molar-refractivity contribution < 1.29 is 0 Å². The quantitative estimate of drug-likeness (QED) is 0.751. The zero-order valence-corrected chi connectivity index (χ0v) is 8.99. The largest absolute Gasteiger partial charge is 0.367 e. The van der Waals surface area contributed by atoms with Crippen molar-refractivity contribution in [2.24, 2.45) is 7.05 Å². The number of aromatic nitrogens is 3. The van der Waals surface area contributed by atoms with Crippen LogP contribution in [0.3, 0.4) is 0 Å². The minimum atomic E-state index is 0.365. The van der Waals surface area contributed by atoms with Gasteiger partial charge in [0, 0.05) is 19.1 Å². The SMILES string of the molecule is CN(C)C1(CNc2cnnn2C)CC1. The number of anilines is 1. The Morgan fingerprint density at radius 2 is 2.29 bits per heavy atom. The van der Waals surface area contributed by atoms with Gasteiger partial charge in [-0.15, -0.1) is 5.10 Å². The summed E-state index contributed by atoms with van der Waals surface area (Å²) in [6.07, 6.45) is 4.31. The smallest absolute Gasteiger partial charge is 0.144 e. The van der Waals surface area contributed by atoms with Gasteiger partial charge in [0.25, 0.3) is 0 Å². The third-order valence-electron chi connectivity index (χ3n) is 3.09. The van der Waals surface area contributed by atoms with Crippen LogP contribution in [-0.4, -0.2) is 46.1 Å². The first-order valence-corrected chi connectivity index (χ1v) is 4.90. The lowest BCUT2D eigenvalue weighted by Gasteiger charge is -2.24. The van der Waals surface area contributed by atoms with Crippen LogP contribution in [0.25, 0.3) is 0 Å². The van der Waals surface area contributed by atoms with Gasteiger partial charge in [0.1, 0.15) is 5.82 Å². The van der Waals surface area contributed by atoms with E-state index in [0.29, 0.717) is 5.54 Å². The number of nitrogens with zero attached hydrogens (tertiary/aromatic N) is 4. The first kappa shape index (κ1) is 9.45. The molecule has 0 spiro atoms. The topological polar surface area (TPSA) is 46.0 Å². The Morgan fingerprint density at radius 1 is 1.57 bits per heavy atom. The summed E-state index contributed by atoms with van der Waals surface area (Å²) >= 11 is 0. The van der Waals surface area contributed by atoms with Crippen molar-refractivity contribution in [2.45, 2.75) is 18.4 Å². The van der Waals surface area contributed by atoms with Crippen LogP contribution in [0.15, 0.2) is 6.20 Å². The number of aryl methyl sites for hydroxylation is 1. The average molecular weight is 195 g/mol. The van der Waals surface area contributed by atoms with Crippen molar-refractivity contribution >= 4 is 5.82 Å². The third kappa shape index (κ3) is 1.59. The molecule has 0 aromatic carbocycles. The van der Waals surface area contributed by atoms with Crippen molar-refractivity contribution in [1.82, 2.24) is 19.9 Å². The molecule has 1 aromatic rings. The van der Waals surface area contributed by atoms with Crippen LogP contribution in [-0.2, 0) is 7.05 Å². The first-order valence-electron chi connectivity index (χ1n) is 4.90. The van der Waals surface area contributed by atoms with E-state index in [-0.39, 0.29) is 0 Å². The molecule has 0 radical (unpaired) electrons. The standard InChI is InChI=1S/C9H17N5/c1-13(2)9(4-5-9)7-10-8-6-11-12-14(8)3/h6,10H,4-5,7H2,1-3H3. The molecule has 1 heterocycles. The Balaban J connectivity index is 1.92. The molecular weight excluding hydrogens is 178 g/mol. The maximum absolute atomic E-state index is 3.87. The molecule has 0 aliphatic heterocycles. The summed E-state index contributed by atoms with van der Waals surface area (Å²) < 4.78 is 1.76. The van der Waals surface area contributed by atoms with Crippen molar-refractivity contribution in [3.63, 3.8) is 0 Å². The van der Waals surface area contributed by atoms with E-state index in [2.05, 4.69) is 34.6 Å². The van der Waals surface area contributed by atoms with Gasteiger partial charge >= 0.3 is 0 Å². The molecule has 0 atom stereocenters. The highest BCUT2D eigenvalue weighted by Crippen LogP contribution is 2.39. The Kier molecular flexibility index (Phi) is 2.19.